The van der Waals surface area contributed by atoms with Crippen molar-refractivity contribution in [2.75, 3.05) is 5.75 Å². The molecule has 0 heterocycles. The van der Waals surface area contributed by atoms with Crippen molar-refractivity contribution in [2.45, 2.75) is 11.4 Å². The fourth-order valence-electron chi connectivity index (χ4n) is 2.37. The molecule has 0 aliphatic heterocycles. The molecule has 0 aliphatic rings. The SMILES string of the molecule is O=C(CSc1cccc2cccc(Cl)c12)NCc1ccccc1. The van der Waals surface area contributed by atoms with Crippen LogP contribution in [-0.4, -0.2) is 11.7 Å². The zero-order valence-corrected chi connectivity index (χ0v) is 14.0. The second kappa shape index (κ2) is 7.53. The van der Waals surface area contributed by atoms with E-state index < -0.39 is 0 Å². The molecule has 3 aromatic rings. The minimum absolute atomic E-state index is 0.0166. The fraction of sp³-hybridized carbons (Fsp3) is 0.105. The average molecular weight is 342 g/mol. The maximum atomic E-state index is 12.0. The van der Waals surface area contributed by atoms with E-state index in [0.717, 1.165) is 26.3 Å². The van der Waals surface area contributed by atoms with Crippen LogP contribution in [0, 0.1) is 0 Å². The molecule has 2 nitrogen and oxygen atoms in total. The van der Waals surface area contributed by atoms with Crippen LogP contribution in [-0.2, 0) is 11.3 Å². The summed E-state index contributed by atoms with van der Waals surface area (Å²) in [6.45, 7) is 0.552. The molecule has 23 heavy (non-hydrogen) atoms. The van der Waals surface area contributed by atoms with E-state index in [1.807, 2.05) is 66.7 Å². The number of hydrogen-bond donors (Lipinski definition) is 1. The molecule has 1 N–H and O–H groups in total. The molecule has 0 atom stereocenters. The molecular weight excluding hydrogens is 326 g/mol. The van der Waals surface area contributed by atoms with Crippen molar-refractivity contribution in [1.82, 2.24) is 5.32 Å². The highest BCUT2D eigenvalue weighted by Crippen LogP contribution is 2.33. The molecule has 3 aromatic carbocycles. The van der Waals surface area contributed by atoms with Crippen molar-refractivity contribution in [3.63, 3.8) is 0 Å². The van der Waals surface area contributed by atoms with Crippen LogP contribution in [0.5, 0.6) is 0 Å². The Morgan fingerprint density at radius 2 is 1.70 bits per heavy atom. The molecule has 4 heteroatoms. The van der Waals surface area contributed by atoms with Crippen LogP contribution in [0.4, 0.5) is 0 Å². The highest BCUT2D eigenvalue weighted by atomic mass is 35.5. The van der Waals surface area contributed by atoms with Gasteiger partial charge in [0.05, 0.1) is 5.75 Å². The number of thioether (sulfide) groups is 1. The van der Waals surface area contributed by atoms with Crippen LogP contribution >= 0.6 is 23.4 Å². The first kappa shape index (κ1) is 15.9. The Morgan fingerprint density at radius 3 is 2.48 bits per heavy atom. The summed E-state index contributed by atoms with van der Waals surface area (Å²) in [5.41, 5.74) is 1.10. The number of fused-ring (bicyclic) bond motifs is 1. The van der Waals surface area contributed by atoms with Gasteiger partial charge in [-0.3, -0.25) is 4.79 Å². The first-order valence-electron chi connectivity index (χ1n) is 7.35. The van der Waals surface area contributed by atoms with E-state index in [2.05, 4.69) is 5.32 Å². The molecule has 0 aliphatic carbocycles. The summed E-state index contributed by atoms with van der Waals surface area (Å²) in [5, 5.41) is 5.76. The fourth-order valence-corrected chi connectivity index (χ4v) is 3.65. The number of nitrogens with one attached hydrogen (secondary N) is 1. The summed E-state index contributed by atoms with van der Waals surface area (Å²) < 4.78 is 0. The predicted octanol–water partition coefficient (Wildman–Crippen LogP) is 4.90. The van der Waals surface area contributed by atoms with Gasteiger partial charge in [-0.05, 0) is 23.1 Å². The molecule has 0 fully saturated rings. The molecule has 0 bridgehead atoms. The van der Waals surface area contributed by atoms with Crippen molar-refractivity contribution in [3.05, 3.63) is 77.3 Å². The monoisotopic (exact) mass is 341 g/mol. The van der Waals surface area contributed by atoms with Crippen LogP contribution in [0.15, 0.2) is 71.6 Å². The van der Waals surface area contributed by atoms with Crippen molar-refractivity contribution < 1.29 is 4.79 Å². The van der Waals surface area contributed by atoms with E-state index >= 15 is 0 Å². The number of benzene rings is 3. The minimum Gasteiger partial charge on any atom is -0.351 e. The van der Waals surface area contributed by atoms with E-state index in [-0.39, 0.29) is 5.91 Å². The molecule has 0 spiro atoms. The second-order valence-corrected chi connectivity index (χ2v) is 6.57. The number of carbonyl (C=O) groups excluding carboxylic acids is 1. The number of hydrogen-bond acceptors (Lipinski definition) is 2. The lowest BCUT2D eigenvalue weighted by molar-refractivity contribution is -0.118. The minimum atomic E-state index is 0.0166. The Kier molecular flexibility index (Phi) is 5.21. The molecule has 0 saturated heterocycles. The lowest BCUT2D eigenvalue weighted by Crippen LogP contribution is -2.24. The van der Waals surface area contributed by atoms with Crippen molar-refractivity contribution >= 4 is 40.0 Å². The smallest absolute Gasteiger partial charge is 0.230 e. The summed E-state index contributed by atoms with van der Waals surface area (Å²) in [4.78, 5) is 13.1. The van der Waals surface area contributed by atoms with Crippen LogP contribution < -0.4 is 5.32 Å². The van der Waals surface area contributed by atoms with Gasteiger partial charge in [-0.1, -0.05) is 66.2 Å². The Hall–Kier alpha value is -1.97. The molecule has 0 aromatic heterocycles. The predicted molar refractivity (Wildman–Crippen MR) is 98.0 cm³/mol. The van der Waals surface area contributed by atoms with Gasteiger partial charge < -0.3 is 5.32 Å². The van der Waals surface area contributed by atoms with Crippen molar-refractivity contribution in [3.8, 4) is 0 Å². The highest BCUT2D eigenvalue weighted by Gasteiger charge is 2.08. The summed E-state index contributed by atoms with van der Waals surface area (Å²) in [5.74, 6) is 0.389. The topological polar surface area (TPSA) is 29.1 Å². The van der Waals surface area contributed by atoms with Crippen LogP contribution in [0.1, 0.15) is 5.56 Å². The third-order valence-electron chi connectivity index (χ3n) is 3.51. The van der Waals surface area contributed by atoms with Gasteiger partial charge in [0, 0.05) is 21.8 Å². The van der Waals surface area contributed by atoms with Gasteiger partial charge in [-0.2, -0.15) is 0 Å². The lowest BCUT2D eigenvalue weighted by atomic mass is 10.1. The Balaban J connectivity index is 1.63. The van der Waals surface area contributed by atoms with Gasteiger partial charge in [0.25, 0.3) is 0 Å². The van der Waals surface area contributed by atoms with Gasteiger partial charge in [-0.15, -0.1) is 11.8 Å². The van der Waals surface area contributed by atoms with Crippen LogP contribution in [0.2, 0.25) is 5.02 Å². The van der Waals surface area contributed by atoms with E-state index in [0.29, 0.717) is 12.3 Å². The quantitative estimate of drug-likeness (QED) is 0.668. The number of halogens is 1. The normalized spacial score (nSPS) is 10.7. The maximum absolute atomic E-state index is 12.0. The highest BCUT2D eigenvalue weighted by molar-refractivity contribution is 8.00. The molecular formula is C19H16ClNOS. The van der Waals surface area contributed by atoms with Gasteiger partial charge in [0.2, 0.25) is 5.91 Å². The molecule has 1 amide bonds. The Bertz CT molecular complexity index is 815. The van der Waals surface area contributed by atoms with E-state index in [9.17, 15) is 4.79 Å². The number of rotatable bonds is 5. The summed E-state index contributed by atoms with van der Waals surface area (Å²) in [6.07, 6.45) is 0. The zero-order chi connectivity index (χ0) is 16.1. The van der Waals surface area contributed by atoms with Crippen molar-refractivity contribution in [1.29, 1.82) is 0 Å². The van der Waals surface area contributed by atoms with Crippen molar-refractivity contribution in [2.24, 2.45) is 0 Å². The summed E-state index contributed by atoms with van der Waals surface area (Å²) in [7, 11) is 0. The Morgan fingerprint density at radius 1 is 0.957 bits per heavy atom. The van der Waals surface area contributed by atoms with Gasteiger partial charge in [0.15, 0.2) is 0 Å². The molecule has 0 unspecified atom stereocenters. The zero-order valence-electron chi connectivity index (χ0n) is 12.5. The Labute approximate surface area is 144 Å². The summed E-state index contributed by atoms with van der Waals surface area (Å²) in [6, 6.07) is 21.8. The second-order valence-electron chi connectivity index (χ2n) is 5.15. The van der Waals surface area contributed by atoms with E-state index in [1.54, 1.807) is 0 Å². The lowest BCUT2D eigenvalue weighted by Gasteiger charge is -2.08. The van der Waals surface area contributed by atoms with Crippen LogP contribution in [0.25, 0.3) is 10.8 Å². The molecule has 0 saturated carbocycles. The average Bonchev–Trinajstić information content (AvgIpc) is 2.59. The molecule has 116 valence electrons. The third kappa shape index (κ3) is 4.06. The first-order valence-corrected chi connectivity index (χ1v) is 8.71. The third-order valence-corrected chi connectivity index (χ3v) is 4.88. The number of amides is 1. The van der Waals surface area contributed by atoms with Gasteiger partial charge >= 0.3 is 0 Å². The maximum Gasteiger partial charge on any atom is 0.230 e. The van der Waals surface area contributed by atoms with Gasteiger partial charge in [-0.25, -0.2) is 0 Å². The first-order chi connectivity index (χ1) is 11.2. The molecule has 3 rings (SSSR count). The summed E-state index contributed by atoms with van der Waals surface area (Å²) >= 11 is 7.82. The molecule has 0 radical (unpaired) electrons. The number of carbonyl (C=O) groups is 1. The van der Waals surface area contributed by atoms with E-state index in [1.165, 1.54) is 11.8 Å². The largest absolute Gasteiger partial charge is 0.351 e. The van der Waals surface area contributed by atoms with Gasteiger partial charge in [0.1, 0.15) is 0 Å². The van der Waals surface area contributed by atoms with E-state index in [4.69, 9.17) is 11.6 Å². The standard InChI is InChI=1S/C19H16ClNOS/c20-16-10-4-8-15-9-5-11-17(19(15)16)23-13-18(22)21-12-14-6-2-1-3-7-14/h1-11H,12-13H2,(H,21,22). The van der Waals surface area contributed by atoms with Crippen LogP contribution in [0.3, 0.4) is 0 Å².